The first-order valence-electron chi connectivity index (χ1n) is 19.3. The Morgan fingerprint density at radius 2 is 0.947 bits per heavy atom. The third-order valence-electron chi connectivity index (χ3n) is 11.3. The van der Waals surface area contributed by atoms with Crippen LogP contribution in [0.15, 0.2) is 204 Å². The van der Waals surface area contributed by atoms with Gasteiger partial charge in [-0.05, 0) is 70.8 Å². The fourth-order valence-electron chi connectivity index (χ4n) is 8.76. The van der Waals surface area contributed by atoms with Crippen LogP contribution in [0.2, 0.25) is 0 Å². The van der Waals surface area contributed by atoms with Crippen LogP contribution in [0.3, 0.4) is 0 Å². The van der Waals surface area contributed by atoms with E-state index in [0.717, 1.165) is 44.8 Å². The van der Waals surface area contributed by atoms with E-state index in [2.05, 4.69) is 173 Å². The first-order valence-corrected chi connectivity index (χ1v) is 20.1. The van der Waals surface area contributed by atoms with Crippen LogP contribution >= 0.6 is 11.8 Å². The van der Waals surface area contributed by atoms with Gasteiger partial charge in [0.05, 0.1) is 39.1 Å². The molecule has 5 heteroatoms. The highest BCUT2D eigenvalue weighted by molar-refractivity contribution is 7.99. The van der Waals surface area contributed by atoms with Gasteiger partial charge in [-0.25, -0.2) is 9.97 Å². The molecule has 0 fully saturated rings. The molecule has 0 saturated carbocycles. The Labute approximate surface area is 333 Å². The minimum atomic E-state index is 0.869. The molecule has 0 atom stereocenters. The smallest absolute Gasteiger partial charge is 0.131 e. The predicted molar refractivity (Wildman–Crippen MR) is 237 cm³/mol. The number of para-hydroxylation sites is 5. The highest BCUT2D eigenvalue weighted by Gasteiger charge is 2.29. The molecule has 0 saturated heterocycles. The summed E-state index contributed by atoms with van der Waals surface area (Å²) in [5.74, 6) is 0. The molecule has 0 amide bonds. The van der Waals surface area contributed by atoms with Crippen LogP contribution < -0.4 is 0 Å². The van der Waals surface area contributed by atoms with Gasteiger partial charge in [0.1, 0.15) is 5.65 Å². The van der Waals surface area contributed by atoms with Crippen molar-refractivity contribution in [1.82, 2.24) is 19.1 Å². The maximum atomic E-state index is 5.24. The Kier molecular flexibility index (Phi) is 7.13. The molecule has 12 rings (SSSR count). The molecule has 0 aliphatic carbocycles. The minimum Gasteiger partial charge on any atom is -0.295 e. The molecule has 4 nitrogen and oxygen atoms in total. The Morgan fingerprint density at radius 1 is 0.386 bits per heavy atom. The van der Waals surface area contributed by atoms with E-state index in [1.807, 2.05) is 42.1 Å². The van der Waals surface area contributed by atoms with Gasteiger partial charge in [-0.15, -0.1) is 0 Å². The summed E-state index contributed by atoms with van der Waals surface area (Å²) in [5.41, 5.74) is 16.3. The van der Waals surface area contributed by atoms with Crippen molar-refractivity contribution in [3.8, 4) is 56.1 Å². The molecular weight excluding hydrogens is 713 g/mol. The van der Waals surface area contributed by atoms with Crippen molar-refractivity contribution < 1.29 is 0 Å². The molecule has 8 aromatic carbocycles. The third-order valence-corrected chi connectivity index (χ3v) is 12.4. The topological polar surface area (TPSA) is 35.6 Å². The number of rotatable bonds is 5. The standard InChI is InChI=1S/C52H32N4S/c1-3-13-33(14-4-1)34-25-29-36(30-26-34)49-50(54-42-20-8-7-19-41(42)53-49)37-31-27-35(28-32-37)39-17-11-22-44-47(39)48-40-18-12-24-46-51(40)56(43-21-9-10-23-45(43)57-46)52(48)55(44)38-15-5-2-6-16-38/h1-32H. The van der Waals surface area contributed by atoms with Crippen LogP contribution in [0.4, 0.5) is 0 Å². The van der Waals surface area contributed by atoms with Gasteiger partial charge >= 0.3 is 0 Å². The molecule has 0 N–H and O–H groups in total. The SMILES string of the molecule is c1ccc(-c2ccc(-c3nc4ccccc4nc3-c3ccc(-c4cccc5c4c4c6cccc7c6n(c4n5-c4ccccc4)-c4ccccc4S7)cc3)cc2)cc1. The second kappa shape index (κ2) is 12.7. The van der Waals surface area contributed by atoms with Gasteiger partial charge in [-0.2, -0.15) is 0 Å². The number of nitrogens with zero attached hydrogens (tertiary/aromatic N) is 4. The summed E-state index contributed by atoms with van der Waals surface area (Å²) < 4.78 is 4.96. The molecule has 1 aliphatic rings. The van der Waals surface area contributed by atoms with Gasteiger partial charge < -0.3 is 0 Å². The molecule has 0 bridgehead atoms. The zero-order valence-corrected chi connectivity index (χ0v) is 31.5. The molecule has 0 radical (unpaired) electrons. The Morgan fingerprint density at radius 3 is 1.67 bits per heavy atom. The quantitative estimate of drug-likeness (QED) is 0.176. The van der Waals surface area contributed by atoms with E-state index in [9.17, 15) is 0 Å². The van der Waals surface area contributed by atoms with Gasteiger partial charge in [-0.3, -0.25) is 9.13 Å². The maximum absolute atomic E-state index is 5.24. The number of aromatic nitrogens is 4. The van der Waals surface area contributed by atoms with E-state index in [-0.39, 0.29) is 0 Å². The third kappa shape index (κ3) is 4.96. The van der Waals surface area contributed by atoms with Crippen LogP contribution in [0, 0.1) is 0 Å². The van der Waals surface area contributed by atoms with Crippen LogP contribution in [0.25, 0.3) is 100 Å². The molecule has 57 heavy (non-hydrogen) atoms. The van der Waals surface area contributed by atoms with Crippen molar-refractivity contribution in [3.05, 3.63) is 194 Å². The fourth-order valence-corrected chi connectivity index (χ4v) is 9.85. The molecular formula is C52H32N4S. The van der Waals surface area contributed by atoms with E-state index in [0.29, 0.717) is 0 Å². The summed E-state index contributed by atoms with van der Waals surface area (Å²) >= 11 is 1.86. The summed E-state index contributed by atoms with van der Waals surface area (Å²) in [6.45, 7) is 0. The summed E-state index contributed by atoms with van der Waals surface area (Å²) in [4.78, 5) is 13.0. The van der Waals surface area contributed by atoms with Gasteiger partial charge in [0, 0.05) is 42.8 Å². The lowest BCUT2D eigenvalue weighted by atomic mass is 9.96. The van der Waals surface area contributed by atoms with Crippen LogP contribution in [-0.2, 0) is 0 Å². The Balaban J connectivity index is 1.06. The number of hydrogen-bond donors (Lipinski definition) is 0. The summed E-state index contributed by atoms with van der Waals surface area (Å²) in [6.07, 6.45) is 0. The lowest BCUT2D eigenvalue weighted by molar-refractivity contribution is 1.03. The normalized spacial score (nSPS) is 12.1. The van der Waals surface area contributed by atoms with Gasteiger partial charge in [-0.1, -0.05) is 157 Å². The van der Waals surface area contributed by atoms with Gasteiger partial charge in [0.25, 0.3) is 0 Å². The Bertz CT molecular complexity index is 3350. The average Bonchev–Trinajstić information content (AvgIpc) is 3.81. The van der Waals surface area contributed by atoms with Gasteiger partial charge in [0.15, 0.2) is 0 Å². The zero-order valence-electron chi connectivity index (χ0n) is 30.7. The number of hydrogen-bond acceptors (Lipinski definition) is 3. The summed E-state index contributed by atoms with van der Waals surface area (Å²) in [6, 6.07) is 69.3. The number of benzene rings is 8. The monoisotopic (exact) mass is 744 g/mol. The van der Waals surface area contributed by atoms with Crippen LogP contribution in [0.1, 0.15) is 0 Å². The molecule has 0 spiro atoms. The van der Waals surface area contributed by atoms with E-state index in [1.54, 1.807) is 0 Å². The van der Waals surface area contributed by atoms with Crippen LogP contribution in [-0.4, -0.2) is 19.1 Å². The zero-order chi connectivity index (χ0) is 37.5. The first-order chi connectivity index (χ1) is 28.3. The van der Waals surface area contributed by atoms with Crippen molar-refractivity contribution in [3.63, 3.8) is 0 Å². The fraction of sp³-hybridized carbons (Fsp3) is 0. The summed E-state index contributed by atoms with van der Waals surface area (Å²) in [7, 11) is 0. The molecule has 11 aromatic rings. The molecule has 266 valence electrons. The van der Waals surface area contributed by atoms with E-state index < -0.39 is 0 Å². The Hall–Kier alpha value is -7.21. The lowest BCUT2D eigenvalue weighted by Gasteiger charge is -2.21. The molecule has 4 heterocycles. The number of fused-ring (bicyclic) bond motifs is 8. The van der Waals surface area contributed by atoms with E-state index in [4.69, 9.17) is 9.97 Å². The molecule has 0 unspecified atom stereocenters. The largest absolute Gasteiger partial charge is 0.295 e. The van der Waals surface area contributed by atoms with Crippen molar-refractivity contribution in [1.29, 1.82) is 0 Å². The van der Waals surface area contributed by atoms with Gasteiger partial charge in [0.2, 0.25) is 0 Å². The average molecular weight is 745 g/mol. The molecule has 3 aromatic heterocycles. The highest BCUT2D eigenvalue weighted by atomic mass is 32.2. The minimum absolute atomic E-state index is 0.869. The van der Waals surface area contributed by atoms with Crippen LogP contribution in [0.5, 0.6) is 0 Å². The first kappa shape index (κ1) is 32.1. The van der Waals surface area contributed by atoms with Crippen molar-refractivity contribution in [2.45, 2.75) is 9.79 Å². The lowest BCUT2D eigenvalue weighted by Crippen LogP contribution is -2.05. The van der Waals surface area contributed by atoms with E-state index in [1.165, 1.54) is 65.0 Å². The second-order valence-electron chi connectivity index (χ2n) is 14.6. The van der Waals surface area contributed by atoms with Crippen molar-refractivity contribution in [2.24, 2.45) is 0 Å². The maximum Gasteiger partial charge on any atom is 0.131 e. The summed E-state index contributed by atoms with van der Waals surface area (Å²) in [5, 5.41) is 3.78. The molecule has 1 aliphatic heterocycles. The van der Waals surface area contributed by atoms with E-state index >= 15 is 0 Å². The van der Waals surface area contributed by atoms with Crippen molar-refractivity contribution >= 4 is 55.6 Å². The highest BCUT2D eigenvalue weighted by Crippen LogP contribution is 2.51. The predicted octanol–water partition coefficient (Wildman–Crippen LogP) is 13.8. The second-order valence-corrected chi connectivity index (χ2v) is 15.6. The van der Waals surface area contributed by atoms with Crippen molar-refractivity contribution in [2.75, 3.05) is 0 Å².